The fourth-order valence-electron chi connectivity index (χ4n) is 2.04. The molecule has 0 atom stereocenters. The van der Waals surface area contributed by atoms with Crippen LogP contribution < -0.4 is 10.2 Å². The first-order valence-electron chi connectivity index (χ1n) is 6.15. The third kappa shape index (κ3) is 2.47. The zero-order valence-electron chi connectivity index (χ0n) is 10.4. The summed E-state index contributed by atoms with van der Waals surface area (Å²) >= 11 is 0. The summed E-state index contributed by atoms with van der Waals surface area (Å²) in [6, 6.07) is 7.99. The minimum absolute atomic E-state index is 0.832. The van der Waals surface area contributed by atoms with Crippen LogP contribution >= 0.6 is 0 Å². The number of allylic oxidation sites excluding steroid dienone is 1. The Bertz CT molecular complexity index is 551. The van der Waals surface area contributed by atoms with Crippen LogP contribution in [0.25, 0.3) is 0 Å². The molecule has 2 aromatic heterocycles. The van der Waals surface area contributed by atoms with Gasteiger partial charge in [0.25, 0.3) is 0 Å². The second-order valence-electron chi connectivity index (χ2n) is 4.12. The maximum atomic E-state index is 4.08. The fourth-order valence-corrected chi connectivity index (χ4v) is 2.04. The second kappa shape index (κ2) is 5.35. The van der Waals surface area contributed by atoms with Crippen molar-refractivity contribution in [1.29, 1.82) is 0 Å². The Hall–Kier alpha value is -2.62. The van der Waals surface area contributed by atoms with E-state index in [1.165, 1.54) is 0 Å². The summed E-state index contributed by atoms with van der Waals surface area (Å²) in [6.45, 7) is 0.832. The zero-order chi connectivity index (χ0) is 12.9. The molecule has 1 aliphatic rings. The zero-order valence-corrected chi connectivity index (χ0v) is 10.4. The Balaban J connectivity index is 2.06. The summed E-state index contributed by atoms with van der Waals surface area (Å²) < 4.78 is 0. The molecule has 2 aromatic rings. The van der Waals surface area contributed by atoms with E-state index in [2.05, 4.69) is 32.3 Å². The highest BCUT2D eigenvalue weighted by Crippen LogP contribution is 2.29. The molecular formula is C15H14N4. The first-order valence-corrected chi connectivity index (χ1v) is 6.15. The van der Waals surface area contributed by atoms with E-state index in [1.54, 1.807) is 24.8 Å². The van der Waals surface area contributed by atoms with Gasteiger partial charge >= 0.3 is 0 Å². The van der Waals surface area contributed by atoms with Gasteiger partial charge in [-0.1, -0.05) is 0 Å². The molecule has 94 valence electrons. The Morgan fingerprint density at radius 1 is 0.895 bits per heavy atom. The number of anilines is 2. The molecule has 0 aliphatic carbocycles. The maximum Gasteiger partial charge on any atom is 0.0492 e. The number of dihydropyridines is 1. The molecule has 0 amide bonds. The molecule has 0 spiro atoms. The van der Waals surface area contributed by atoms with Crippen LogP contribution in [0.3, 0.4) is 0 Å². The highest BCUT2D eigenvalue weighted by Gasteiger charge is 2.13. The van der Waals surface area contributed by atoms with Gasteiger partial charge in [0.15, 0.2) is 0 Å². The van der Waals surface area contributed by atoms with Crippen molar-refractivity contribution >= 4 is 11.4 Å². The number of hydrogen-bond donors (Lipinski definition) is 1. The van der Waals surface area contributed by atoms with Gasteiger partial charge in [0, 0.05) is 48.4 Å². The van der Waals surface area contributed by atoms with Crippen LogP contribution in [0.5, 0.6) is 0 Å². The largest absolute Gasteiger partial charge is 0.387 e. The Labute approximate surface area is 112 Å². The van der Waals surface area contributed by atoms with Crippen molar-refractivity contribution in [3.63, 3.8) is 0 Å². The topological polar surface area (TPSA) is 41.1 Å². The predicted octanol–water partition coefficient (Wildman–Crippen LogP) is 2.62. The van der Waals surface area contributed by atoms with Gasteiger partial charge in [-0.25, -0.2) is 0 Å². The van der Waals surface area contributed by atoms with E-state index in [-0.39, 0.29) is 0 Å². The van der Waals surface area contributed by atoms with Gasteiger partial charge in [-0.2, -0.15) is 0 Å². The Morgan fingerprint density at radius 3 is 1.95 bits per heavy atom. The van der Waals surface area contributed by atoms with Crippen molar-refractivity contribution in [3.05, 3.63) is 73.1 Å². The summed E-state index contributed by atoms with van der Waals surface area (Å²) in [5.41, 5.74) is 3.30. The third-order valence-electron chi connectivity index (χ3n) is 2.90. The molecule has 0 saturated carbocycles. The molecule has 0 bridgehead atoms. The smallest absolute Gasteiger partial charge is 0.0492 e. The molecule has 1 aliphatic heterocycles. The summed E-state index contributed by atoms with van der Waals surface area (Å²) in [4.78, 5) is 10.3. The molecule has 0 aromatic carbocycles. The summed E-state index contributed by atoms with van der Waals surface area (Å²) in [5, 5.41) is 3.16. The van der Waals surface area contributed by atoms with E-state index >= 15 is 0 Å². The van der Waals surface area contributed by atoms with E-state index in [9.17, 15) is 0 Å². The van der Waals surface area contributed by atoms with Crippen LogP contribution in [-0.4, -0.2) is 16.5 Å². The van der Waals surface area contributed by atoms with E-state index in [0.717, 1.165) is 23.6 Å². The van der Waals surface area contributed by atoms with E-state index in [0.29, 0.717) is 0 Å². The summed E-state index contributed by atoms with van der Waals surface area (Å²) in [6.07, 6.45) is 13.4. The number of nitrogens with one attached hydrogen (secondary N) is 1. The highest BCUT2D eigenvalue weighted by atomic mass is 15.2. The van der Waals surface area contributed by atoms with Gasteiger partial charge in [-0.3, -0.25) is 9.97 Å². The fraction of sp³-hybridized carbons (Fsp3) is 0.0667. The van der Waals surface area contributed by atoms with Crippen molar-refractivity contribution < 1.29 is 0 Å². The molecule has 4 nitrogen and oxygen atoms in total. The van der Waals surface area contributed by atoms with Crippen molar-refractivity contribution in [2.45, 2.75) is 0 Å². The molecular weight excluding hydrogens is 236 g/mol. The van der Waals surface area contributed by atoms with Crippen LogP contribution in [0.4, 0.5) is 11.4 Å². The monoisotopic (exact) mass is 250 g/mol. The Morgan fingerprint density at radius 2 is 1.47 bits per heavy atom. The van der Waals surface area contributed by atoms with E-state index in [1.807, 2.05) is 30.5 Å². The molecule has 0 saturated heterocycles. The lowest BCUT2D eigenvalue weighted by atomic mass is 10.2. The number of pyridine rings is 2. The van der Waals surface area contributed by atoms with Crippen molar-refractivity contribution in [1.82, 2.24) is 15.3 Å². The predicted molar refractivity (Wildman–Crippen MR) is 75.8 cm³/mol. The van der Waals surface area contributed by atoms with Crippen molar-refractivity contribution in [2.75, 3.05) is 11.4 Å². The summed E-state index contributed by atoms with van der Waals surface area (Å²) in [7, 11) is 0. The van der Waals surface area contributed by atoms with Gasteiger partial charge < -0.3 is 10.2 Å². The summed E-state index contributed by atoms with van der Waals surface area (Å²) in [5.74, 6) is 0. The van der Waals surface area contributed by atoms with Gasteiger partial charge in [0.05, 0.1) is 0 Å². The second-order valence-corrected chi connectivity index (χ2v) is 4.12. The van der Waals surface area contributed by atoms with Gasteiger partial charge in [0.2, 0.25) is 0 Å². The normalized spacial score (nSPS) is 13.6. The molecule has 3 rings (SSSR count). The lowest BCUT2D eigenvalue weighted by Crippen LogP contribution is -2.20. The quantitative estimate of drug-likeness (QED) is 0.909. The number of rotatable bonds is 3. The van der Waals surface area contributed by atoms with Crippen LogP contribution in [0, 0.1) is 0 Å². The minimum atomic E-state index is 0.832. The number of aromatic nitrogens is 2. The van der Waals surface area contributed by atoms with Gasteiger partial charge in [-0.05, 0) is 42.6 Å². The highest BCUT2D eigenvalue weighted by molar-refractivity contribution is 5.69. The maximum absolute atomic E-state index is 4.08. The van der Waals surface area contributed by atoms with E-state index in [4.69, 9.17) is 0 Å². The molecule has 3 heterocycles. The number of hydrogen-bond acceptors (Lipinski definition) is 4. The van der Waals surface area contributed by atoms with Gasteiger partial charge in [0.1, 0.15) is 0 Å². The van der Waals surface area contributed by atoms with Gasteiger partial charge in [-0.15, -0.1) is 0 Å². The SMILES string of the molecule is C1=CC(N(c2ccncc2)c2ccncc2)=CCN1. The van der Waals surface area contributed by atoms with Crippen LogP contribution in [0.2, 0.25) is 0 Å². The third-order valence-corrected chi connectivity index (χ3v) is 2.90. The van der Waals surface area contributed by atoms with Crippen LogP contribution in [-0.2, 0) is 0 Å². The minimum Gasteiger partial charge on any atom is -0.387 e. The molecule has 1 N–H and O–H groups in total. The van der Waals surface area contributed by atoms with Crippen molar-refractivity contribution in [3.8, 4) is 0 Å². The van der Waals surface area contributed by atoms with E-state index < -0.39 is 0 Å². The molecule has 0 radical (unpaired) electrons. The van der Waals surface area contributed by atoms with Crippen molar-refractivity contribution in [2.24, 2.45) is 0 Å². The molecule has 0 fully saturated rings. The lowest BCUT2D eigenvalue weighted by Gasteiger charge is -2.27. The van der Waals surface area contributed by atoms with Crippen LogP contribution in [0.1, 0.15) is 0 Å². The average molecular weight is 250 g/mol. The average Bonchev–Trinajstić information content (AvgIpc) is 2.51. The first kappa shape index (κ1) is 11.5. The standard InChI is InChI=1S/C15H14N4/c1-7-16-8-2-13(1)19(14-3-9-17-10-4-14)15-5-11-18-12-6-15/h1-11,18H,12H2. The molecule has 0 unspecified atom stereocenters. The van der Waals surface area contributed by atoms with Crippen LogP contribution in [0.15, 0.2) is 73.1 Å². The first-order chi connectivity index (χ1) is 9.45. The molecule has 4 heteroatoms. The Kier molecular flexibility index (Phi) is 3.23. The molecule has 19 heavy (non-hydrogen) atoms. The lowest BCUT2D eigenvalue weighted by molar-refractivity contribution is 0.946. The number of nitrogens with zero attached hydrogens (tertiary/aromatic N) is 3.